The topological polar surface area (TPSA) is 82.8 Å². The molecular formula is C14H26N2O4S. The fourth-order valence-corrected chi connectivity index (χ4v) is 2.31. The van der Waals surface area contributed by atoms with E-state index in [9.17, 15) is 4.79 Å². The molecule has 122 valence electrons. The molecule has 1 aliphatic heterocycles. The van der Waals surface area contributed by atoms with Crippen LogP contribution in [0.2, 0.25) is 0 Å². The van der Waals surface area contributed by atoms with Crippen molar-refractivity contribution in [2.75, 3.05) is 6.61 Å². The van der Waals surface area contributed by atoms with Gasteiger partial charge in [0.15, 0.2) is 5.79 Å². The molecule has 1 heterocycles. The van der Waals surface area contributed by atoms with Gasteiger partial charge in [-0.1, -0.05) is 12.2 Å². The van der Waals surface area contributed by atoms with Crippen molar-refractivity contribution in [3.8, 4) is 0 Å². The Bertz CT molecular complexity index is 393. The van der Waals surface area contributed by atoms with E-state index in [4.69, 9.17) is 32.2 Å². The summed E-state index contributed by atoms with van der Waals surface area (Å²) in [6.07, 6.45) is 0.380. The van der Waals surface area contributed by atoms with Crippen LogP contribution in [0.3, 0.4) is 0 Å². The summed E-state index contributed by atoms with van der Waals surface area (Å²) in [5.41, 5.74) is 5.04. The van der Waals surface area contributed by atoms with E-state index in [1.807, 2.05) is 34.6 Å². The van der Waals surface area contributed by atoms with Crippen molar-refractivity contribution in [3.63, 3.8) is 0 Å². The van der Waals surface area contributed by atoms with Gasteiger partial charge in [0.25, 0.3) is 0 Å². The summed E-state index contributed by atoms with van der Waals surface area (Å²) in [4.78, 5) is 12.2. The van der Waals surface area contributed by atoms with E-state index in [0.717, 1.165) is 0 Å². The highest BCUT2D eigenvalue weighted by molar-refractivity contribution is 7.80. The van der Waals surface area contributed by atoms with E-state index in [-0.39, 0.29) is 12.1 Å². The standard InChI is InChI=1S/C14H26N2O4S/c1-13(2,3)20-12(17)16-9(7-11(15)21)6-10-8-18-14(4,5)19-10/h9-10H,6-8H2,1-5H3,(H2,15,21)(H,16,17). The first-order valence-corrected chi connectivity index (χ1v) is 7.47. The molecule has 1 rings (SSSR count). The van der Waals surface area contributed by atoms with Crippen LogP contribution in [-0.2, 0) is 14.2 Å². The number of amides is 1. The normalized spacial score (nSPS) is 22.6. The molecule has 3 N–H and O–H groups in total. The number of hydrogen-bond donors (Lipinski definition) is 2. The zero-order valence-corrected chi connectivity index (χ0v) is 14.2. The summed E-state index contributed by atoms with van der Waals surface area (Å²) in [5, 5.41) is 2.79. The number of nitrogens with two attached hydrogens (primary N) is 1. The number of thiocarbonyl (C=S) groups is 1. The first kappa shape index (κ1) is 18.1. The number of ether oxygens (including phenoxy) is 3. The van der Waals surface area contributed by atoms with Crippen molar-refractivity contribution in [1.29, 1.82) is 0 Å². The lowest BCUT2D eigenvalue weighted by molar-refractivity contribution is -0.139. The SMILES string of the molecule is CC(C)(C)OC(=O)NC(CC(N)=S)CC1COC(C)(C)O1. The van der Waals surface area contributed by atoms with E-state index >= 15 is 0 Å². The highest BCUT2D eigenvalue weighted by Gasteiger charge is 2.34. The molecule has 0 aromatic rings. The number of nitrogens with one attached hydrogen (secondary N) is 1. The molecule has 2 unspecified atom stereocenters. The van der Waals surface area contributed by atoms with E-state index in [1.54, 1.807) is 0 Å². The minimum atomic E-state index is -0.593. The number of carbonyl (C=O) groups excluding carboxylic acids is 1. The lowest BCUT2D eigenvalue weighted by atomic mass is 10.1. The summed E-state index contributed by atoms with van der Waals surface area (Å²) >= 11 is 4.93. The Morgan fingerprint density at radius 1 is 1.52 bits per heavy atom. The van der Waals surface area contributed by atoms with Gasteiger partial charge >= 0.3 is 6.09 Å². The van der Waals surface area contributed by atoms with Crippen LogP contribution in [0.4, 0.5) is 4.79 Å². The van der Waals surface area contributed by atoms with E-state index in [2.05, 4.69) is 5.32 Å². The van der Waals surface area contributed by atoms with Crippen LogP contribution in [0.1, 0.15) is 47.5 Å². The molecule has 0 bridgehead atoms. The summed E-state index contributed by atoms with van der Waals surface area (Å²) in [7, 11) is 0. The average molecular weight is 318 g/mol. The molecule has 0 aromatic carbocycles. The maximum atomic E-state index is 11.9. The number of rotatable bonds is 5. The molecule has 6 nitrogen and oxygen atoms in total. The highest BCUT2D eigenvalue weighted by atomic mass is 32.1. The molecule has 1 saturated heterocycles. The van der Waals surface area contributed by atoms with Crippen LogP contribution in [0.15, 0.2) is 0 Å². The lowest BCUT2D eigenvalue weighted by Crippen LogP contribution is -2.42. The first-order chi connectivity index (χ1) is 9.47. The van der Waals surface area contributed by atoms with Gasteiger partial charge in [-0.05, 0) is 41.0 Å². The maximum absolute atomic E-state index is 11.9. The predicted molar refractivity (Wildman–Crippen MR) is 84.1 cm³/mol. The van der Waals surface area contributed by atoms with Gasteiger partial charge in [-0.15, -0.1) is 0 Å². The van der Waals surface area contributed by atoms with Crippen molar-refractivity contribution in [1.82, 2.24) is 5.32 Å². The van der Waals surface area contributed by atoms with Crippen molar-refractivity contribution in [2.45, 2.75) is 71.0 Å². The second-order valence-corrected chi connectivity index (χ2v) is 7.22. The lowest BCUT2D eigenvalue weighted by Gasteiger charge is -2.25. The van der Waals surface area contributed by atoms with Gasteiger partial charge in [0.2, 0.25) is 0 Å². The second-order valence-electron chi connectivity index (χ2n) is 6.70. The van der Waals surface area contributed by atoms with E-state index in [0.29, 0.717) is 24.4 Å². The van der Waals surface area contributed by atoms with Gasteiger partial charge in [-0.2, -0.15) is 0 Å². The third-order valence-electron chi connectivity index (χ3n) is 2.78. The maximum Gasteiger partial charge on any atom is 0.407 e. The fourth-order valence-electron chi connectivity index (χ4n) is 2.11. The largest absolute Gasteiger partial charge is 0.444 e. The Labute approximate surface area is 131 Å². The molecule has 0 spiro atoms. The Morgan fingerprint density at radius 2 is 2.14 bits per heavy atom. The van der Waals surface area contributed by atoms with Crippen molar-refractivity contribution in [3.05, 3.63) is 0 Å². The molecule has 0 aliphatic carbocycles. The van der Waals surface area contributed by atoms with Crippen LogP contribution >= 0.6 is 12.2 Å². The van der Waals surface area contributed by atoms with Crippen molar-refractivity contribution < 1.29 is 19.0 Å². The molecule has 0 radical (unpaired) electrons. The Balaban J connectivity index is 2.56. The molecule has 1 fully saturated rings. The molecule has 7 heteroatoms. The zero-order chi connectivity index (χ0) is 16.3. The Kier molecular flexibility index (Phi) is 5.95. The van der Waals surface area contributed by atoms with Crippen LogP contribution in [0.5, 0.6) is 0 Å². The quantitative estimate of drug-likeness (QED) is 0.755. The zero-order valence-electron chi connectivity index (χ0n) is 13.4. The second kappa shape index (κ2) is 6.89. The van der Waals surface area contributed by atoms with E-state index < -0.39 is 17.5 Å². The summed E-state index contributed by atoms with van der Waals surface area (Å²) in [6.45, 7) is 9.63. The number of alkyl carbamates (subject to hydrolysis) is 1. The Morgan fingerprint density at radius 3 is 2.57 bits per heavy atom. The Hall–Kier alpha value is -0.920. The monoisotopic (exact) mass is 318 g/mol. The minimum Gasteiger partial charge on any atom is -0.444 e. The first-order valence-electron chi connectivity index (χ1n) is 7.06. The average Bonchev–Trinajstić information content (AvgIpc) is 2.53. The van der Waals surface area contributed by atoms with Crippen LogP contribution in [-0.4, -0.2) is 41.2 Å². The molecule has 1 amide bonds. The summed E-state index contributed by atoms with van der Waals surface area (Å²) in [5.74, 6) is -0.593. The molecule has 1 aliphatic rings. The highest BCUT2D eigenvalue weighted by Crippen LogP contribution is 2.25. The van der Waals surface area contributed by atoms with Gasteiger partial charge in [0.1, 0.15) is 5.60 Å². The van der Waals surface area contributed by atoms with Gasteiger partial charge in [0.05, 0.1) is 17.7 Å². The summed E-state index contributed by atoms with van der Waals surface area (Å²) in [6, 6.07) is -0.236. The predicted octanol–water partition coefficient (Wildman–Crippen LogP) is 2.10. The number of hydrogen-bond acceptors (Lipinski definition) is 5. The third kappa shape index (κ3) is 7.59. The van der Waals surface area contributed by atoms with Gasteiger partial charge in [-0.25, -0.2) is 4.79 Å². The minimum absolute atomic E-state index is 0.103. The third-order valence-corrected chi connectivity index (χ3v) is 2.95. The fraction of sp³-hybridized carbons (Fsp3) is 0.857. The molecule has 2 atom stereocenters. The smallest absolute Gasteiger partial charge is 0.407 e. The summed E-state index contributed by atoms with van der Waals surface area (Å²) < 4.78 is 16.5. The van der Waals surface area contributed by atoms with Gasteiger partial charge < -0.3 is 25.3 Å². The van der Waals surface area contributed by atoms with Crippen LogP contribution in [0.25, 0.3) is 0 Å². The van der Waals surface area contributed by atoms with Crippen molar-refractivity contribution in [2.24, 2.45) is 5.73 Å². The number of carbonyl (C=O) groups is 1. The molecule has 0 aromatic heterocycles. The molecular weight excluding hydrogens is 292 g/mol. The van der Waals surface area contributed by atoms with Crippen LogP contribution < -0.4 is 11.1 Å². The van der Waals surface area contributed by atoms with Gasteiger partial charge in [-0.3, -0.25) is 0 Å². The van der Waals surface area contributed by atoms with Gasteiger partial charge in [0, 0.05) is 12.5 Å². The molecule has 21 heavy (non-hydrogen) atoms. The van der Waals surface area contributed by atoms with E-state index in [1.165, 1.54) is 0 Å². The van der Waals surface area contributed by atoms with Crippen molar-refractivity contribution >= 4 is 23.3 Å². The molecule has 0 saturated carbocycles. The van der Waals surface area contributed by atoms with Crippen LogP contribution in [0, 0.1) is 0 Å².